The molecule has 0 saturated heterocycles. The van der Waals surface area contributed by atoms with E-state index in [4.69, 9.17) is 14.2 Å². The standard InChI is InChI=1S/C36H44N2O4/c1-3-31(26-13-9-6-10-14-26)38-22-29-21-34-33(20-28(29)19-32(38)36(39)37-4-2)41-24-35(42-34)27-15-17-30(18-16-27)40-23-25-11-7-5-8-12-25/h6,9-10,13-18,20-21,25,31-32,35H,3-5,7-8,11-12,19,22-24H2,1-2H3,(H,37,39). The van der Waals surface area contributed by atoms with E-state index in [0.717, 1.165) is 41.4 Å². The van der Waals surface area contributed by atoms with Crippen LogP contribution in [0, 0.1) is 5.92 Å². The summed E-state index contributed by atoms with van der Waals surface area (Å²) in [5.41, 5.74) is 4.67. The lowest BCUT2D eigenvalue weighted by Crippen LogP contribution is -2.51. The van der Waals surface area contributed by atoms with Crippen molar-refractivity contribution in [3.63, 3.8) is 0 Å². The van der Waals surface area contributed by atoms with Gasteiger partial charge in [-0.3, -0.25) is 9.69 Å². The smallest absolute Gasteiger partial charge is 0.237 e. The number of carbonyl (C=O) groups is 1. The third-order valence-electron chi connectivity index (χ3n) is 9.18. The highest BCUT2D eigenvalue weighted by Crippen LogP contribution is 2.42. The number of nitrogens with one attached hydrogen (secondary N) is 1. The molecular formula is C36H44N2O4. The minimum atomic E-state index is -0.239. The van der Waals surface area contributed by atoms with Crippen LogP contribution in [0.4, 0.5) is 0 Å². The van der Waals surface area contributed by atoms with E-state index >= 15 is 0 Å². The molecule has 3 aromatic carbocycles. The lowest BCUT2D eigenvalue weighted by molar-refractivity contribution is -0.128. The highest BCUT2D eigenvalue weighted by atomic mass is 16.6. The molecule has 1 fully saturated rings. The van der Waals surface area contributed by atoms with Crippen molar-refractivity contribution in [3.8, 4) is 17.2 Å². The number of amides is 1. The number of likely N-dealkylation sites (N-methyl/N-ethyl adjacent to an activating group) is 1. The lowest BCUT2D eigenvalue weighted by atomic mass is 9.89. The largest absolute Gasteiger partial charge is 0.493 e. The van der Waals surface area contributed by atoms with Gasteiger partial charge in [-0.25, -0.2) is 0 Å². The third-order valence-corrected chi connectivity index (χ3v) is 9.18. The summed E-state index contributed by atoms with van der Waals surface area (Å²) in [6.07, 6.45) is 7.97. The monoisotopic (exact) mass is 568 g/mol. The predicted octanol–water partition coefficient (Wildman–Crippen LogP) is 7.17. The second kappa shape index (κ2) is 13.2. The Hall–Kier alpha value is -3.51. The number of hydrogen-bond donors (Lipinski definition) is 1. The van der Waals surface area contributed by atoms with Crippen LogP contribution in [-0.4, -0.2) is 36.6 Å². The topological polar surface area (TPSA) is 60.0 Å². The summed E-state index contributed by atoms with van der Waals surface area (Å²) in [7, 11) is 0. The third kappa shape index (κ3) is 6.29. The SMILES string of the molecule is CCNC(=O)C1Cc2cc3c(cc2CN1C(CC)c1ccccc1)OC(c1ccc(OCC2CCCCC2)cc1)CO3. The van der Waals surface area contributed by atoms with Crippen LogP contribution >= 0.6 is 0 Å². The molecule has 1 aliphatic carbocycles. The van der Waals surface area contributed by atoms with E-state index in [0.29, 0.717) is 32.0 Å². The van der Waals surface area contributed by atoms with Crippen LogP contribution in [0.2, 0.25) is 0 Å². The molecule has 42 heavy (non-hydrogen) atoms. The molecule has 1 saturated carbocycles. The van der Waals surface area contributed by atoms with Crippen LogP contribution < -0.4 is 19.5 Å². The first-order valence-electron chi connectivity index (χ1n) is 15.9. The molecule has 6 rings (SSSR count). The van der Waals surface area contributed by atoms with Gasteiger partial charge in [0.1, 0.15) is 12.4 Å². The van der Waals surface area contributed by atoms with Crippen molar-refractivity contribution in [1.82, 2.24) is 10.2 Å². The van der Waals surface area contributed by atoms with Crippen molar-refractivity contribution in [2.24, 2.45) is 5.92 Å². The maximum absolute atomic E-state index is 13.3. The molecule has 1 amide bonds. The molecule has 0 radical (unpaired) electrons. The average molecular weight is 569 g/mol. The van der Waals surface area contributed by atoms with Crippen molar-refractivity contribution in [3.05, 3.63) is 89.0 Å². The highest BCUT2D eigenvalue weighted by molar-refractivity contribution is 5.82. The number of rotatable bonds is 9. The number of hydrogen-bond acceptors (Lipinski definition) is 5. The van der Waals surface area contributed by atoms with E-state index in [-0.39, 0.29) is 24.1 Å². The molecule has 3 atom stereocenters. The van der Waals surface area contributed by atoms with Crippen molar-refractivity contribution < 1.29 is 19.0 Å². The van der Waals surface area contributed by atoms with Gasteiger partial charge in [0.15, 0.2) is 17.6 Å². The number of benzene rings is 3. The molecule has 3 aliphatic rings. The van der Waals surface area contributed by atoms with E-state index in [1.165, 1.54) is 43.2 Å². The van der Waals surface area contributed by atoms with Gasteiger partial charge in [0.25, 0.3) is 0 Å². The maximum Gasteiger partial charge on any atom is 0.237 e. The Morgan fingerprint density at radius 1 is 0.976 bits per heavy atom. The van der Waals surface area contributed by atoms with E-state index in [1.54, 1.807) is 0 Å². The first-order valence-corrected chi connectivity index (χ1v) is 15.9. The van der Waals surface area contributed by atoms with Gasteiger partial charge in [0, 0.05) is 19.1 Å². The van der Waals surface area contributed by atoms with Gasteiger partial charge < -0.3 is 19.5 Å². The van der Waals surface area contributed by atoms with Crippen LogP contribution in [0.25, 0.3) is 0 Å². The summed E-state index contributed by atoms with van der Waals surface area (Å²) < 4.78 is 18.9. The van der Waals surface area contributed by atoms with Crippen LogP contribution in [0.15, 0.2) is 66.7 Å². The molecular weight excluding hydrogens is 524 g/mol. The zero-order valence-corrected chi connectivity index (χ0v) is 25.0. The summed E-state index contributed by atoms with van der Waals surface area (Å²) >= 11 is 0. The molecule has 3 unspecified atom stereocenters. The van der Waals surface area contributed by atoms with Crippen LogP contribution in [0.1, 0.15) is 86.8 Å². The number of carbonyl (C=O) groups excluding carboxylic acids is 1. The van der Waals surface area contributed by atoms with Crippen LogP contribution in [0.5, 0.6) is 17.2 Å². The number of nitrogens with zero attached hydrogens (tertiary/aromatic N) is 1. The number of ether oxygens (including phenoxy) is 3. The molecule has 222 valence electrons. The molecule has 0 bridgehead atoms. The van der Waals surface area contributed by atoms with Gasteiger partial charge >= 0.3 is 0 Å². The maximum atomic E-state index is 13.3. The molecule has 3 aromatic rings. The van der Waals surface area contributed by atoms with E-state index in [2.05, 4.69) is 77.8 Å². The zero-order chi connectivity index (χ0) is 28.9. The molecule has 6 nitrogen and oxygen atoms in total. The second-order valence-corrected chi connectivity index (χ2v) is 12.0. The molecule has 2 heterocycles. The minimum Gasteiger partial charge on any atom is -0.493 e. The van der Waals surface area contributed by atoms with Gasteiger partial charge in [-0.05, 0) is 85.0 Å². The summed E-state index contributed by atoms with van der Waals surface area (Å²) in [6, 6.07) is 23.0. The summed E-state index contributed by atoms with van der Waals surface area (Å²) in [5.74, 6) is 3.21. The van der Waals surface area contributed by atoms with E-state index in [9.17, 15) is 4.79 Å². The van der Waals surface area contributed by atoms with Crippen molar-refractivity contribution >= 4 is 5.91 Å². The molecule has 6 heteroatoms. The predicted molar refractivity (Wildman–Crippen MR) is 165 cm³/mol. The fraction of sp³-hybridized carbons (Fsp3) is 0.472. The fourth-order valence-corrected chi connectivity index (χ4v) is 6.88. The zero-order valence-electron chi connectivity index (χ0n) is 25.0. The van der Waals surface area contributed by atoms with Crippen LogP contribution in [0.3, 0.4) is 0 Å². The van der Waals surface area contributed by atoms with E-state index < -0.39 is 0 Å². The summed E-state index contributed by atoms with van der Waals surface area (Å²) in [5, 5.41) is 3.08. The Balaban J connectivity index is 1.18. The number of fused-ring (bicyclic) bond motifs is 2. The van der Waals surface area contributed by atoms with E-state index in [1.807, 2.05) is 13.0 Å². The van der Waals surface area contributed by atoms with Gasteiger partial charge in [-0.2, -0.15) is 0 Å². The highest BCUT2D eigenvalue weighted by Gasteiger charge is 2.37. The van der Waals surface area contributed by atoms with Gasteiger partial charge in [-0.15, -0.1) is 0 Å². The Morgan fingerprint density at radius 3 is 2.48 bits per heavy atom. The molecule has 2 aliphatic heterocycles. The van der Waals surface area contributed by atoms with Crippen molar-refractivity contribution in [2.75, 3.05) is 19.8 Å². The summed E-state index contributed by atoms with van der Waals surface area (Å²) in [6.45, 7) is 6.73. The van der Waals surface area contributed by atoms with Crippen LogP contribution in [-0.2, 0) is 17.8 Å². The van der Waals surface area contributed by atoms with Crippen molar-refractivity contribution in [1.29, 1.82) is 0 Å². The van der Waals surface area contributed by atoms with Gasteiger partial charge in [0.2, 0.25) is 5.91 Å². The quantitative estimate of drug-likeness (QED) is 0.297. The summed E-state index contributed by atoms with van der Waals surface area (Å²) in [4.78, 5) is 15.6. The normalized spacial score (nSPS) is 21.3. The van der Waals surface area contributed by atoms with Crippen molar-refractivity contribution in [2.45, 2.75) is 83.5 Å². The fourth-order valence-electron chi connectivity index (χ4n) is 6.88. The van der Waals surface area contributed by atoms with Gasteiger partial charge in [0.05, 0.1) is 12.6 Å². The molecule has 0 spiro atoms. The Kier molecular flexibility index (Phi) is 8.99. The lowest BCUT2D eigenvalue weighted by Gasteiger charge is -2.41. The Morgan fingerprint density at radius 2 is 1.74 bits per heavy atom. The van der Waals surface area contributed by atoms with Gasteiger partial charge in [-0.1, -0.05) is 68.7 Å². The Bertz CT molecular complexity index is 1340. The Labute approximate surface area is 250 Å². The first-order chi connectivity index (χ1) is 20.6. The molecule has 1 N–H and O–H groups in total. The average Bonchev–Trinajstić information content (AvgIpc) is 3.04. The first kappa shape index (κ1) is 28.6. The minimum absolute atomic E-state index is 0.0821. The molecule has 0 aromatic heterocycles. The second-order valence-electron chi connectivity index (χ2n) is 12.0.